The standard InChI is InChI=1S/C17H17F3N2O3S/c1-21-26(24,25)11-13-7-5-12(6-8-13)10-22-16(23)14-3-2-4-15(9-14)17(18,19)20/h2-9,21H,10-11H2,1H3,(H,22,23). The van der Waals surface area contributed by atoms with E-state index in [9.17, 15) is 26.4 Å². The number of sulfonamides is 1. The first-order valence-corrected chi connectivity index (χ1v) is 9.20. The average Bonchev–Trinajstić information content (AvgIpc) is 2.60. The Hall–Kier alpha value is -2.39. The molecule has 2 rings (SSSR count). The molecular formula is C17H17F3N2O3S. The van der Waals surface area contributed by atoms with Crippen molar-refractivity contribution in [2.24, 2.45) is 0 Å². The Kier molecular flexibility index (Phi) is 6.04. The van der Waals surface area contributed by atoms with Crippen molar-refractivity contribution in [2.45, 2.75) is 18.5 Å². The van der Waals surface area contributed by atoms with Crippen LogP contribution in [0.1, 0.15) is 27.0 Å². The Morgan fingerprint density at radius 3 is 2.23 bits per heavy atom. The van der Waals surface area contributed by atoms with Gasteiger partial charge in [-0.25, -0.2) is 13.1 Å². The molecule has 0 atom stereocenters. The molecular weight excluding hydrogens is 369 g/mol. The summed E-state index contributed by atoms with van der Waals surface area (Å²) in [6, 6.07) is 10.7. The van der Waals surface area contributed by atoms with Gasteiger partial charge < -0.3 is 5.32 Å². The van der Waals surface area contributed by atoms with Gasteiger partial charge in [-0.05, 0) is 36.4 Å². The van der Waals surface area contributed by atoms with Crippen LogP contribution in [-0.4, -0.2) is 21.4 Å². The van der Waals surface area contributed by atoms with Gasteiger partial charge in [-0.2, -0.15) is 13.2 Å². The van der Waals surface area contributed by atoms with Crippen molar-refractivity contribution >= 4 is 15.9 Å². The van der Waals surface area contributed by atoms with Crippen molar-refractivity contribution in [3.05, 3.63) is 70.8 Å². The van der Waals surface area contributed by atoms with Gasteiger partial charge in [0, 0.05) is 12.1 Å². The fourth-order valence-corrected chi connectivity index (χ4v) is 2.94. The second kappa shape index (κ2) is 7.88. The molecule has 0 aromatic heterocycles. The smallest absolute Gasteiger partial charge is 0.348 e. The maximum absolute atomic E-state index is 12.7. The number of amides is 1. The van der Waals surface area contributed by atoms with Gasteiger partial charge in [0.05, 0.1) is 11.3 Å². The molecule has 0 spiro atoms. The number of hydrogen-bond donors (Lipinski definition) is 2. The fourth-order valence-electron chi connectivity index (χ4n) is 2.17. The highest BCUT2D eigenvalue weighted by Crippen LogP contribution is 2.29. The summed E-state index contributed by atoms with van der Waals surface area (Å²) in [7, 11) is -2.05. The van der Waals surface area contributed by atoms with E-state index in [1.54, 1.807) is 24.3 Å². The summed E-state index contributed by atoms with van der Waals surface area (Å²) < 4.78 is 63.2. The molecule has 0 fully saturated rings. The zero-order valence-corrected chi connectivity index (χ0v) is 14.6. The lowest BCUT2D eigenvalue weighted by Crippen LogP contribution is -2.23. The number of halogens is 3. The van der Waals surface area contributed by atoms with Gasteiger partial charge in [0.2, 0.25) is 10.0 Å². The molecule has 0 unspecified atom stereocenters. The van der Waals surface area contributed by atoms with E-state index in [1.807, 2.05) is 0 Å². The van der Waals surface area contributed by atoms with Gasteiger partial charge >= 0.3 is 6.18 Å². The Balaban J connectivity index is 1.99. The molecule has 0 aliphatic heterocycles. The van der Waals surface area contributed by atoms with Crippen LogP contribution in [0.4, 0.5) is 13.2 Å². The molecule has 9 heteroatoms. The molecule has 0 bridgehead atoms. The minimum Gasteiger partial charge on any atom is -0.348 e. The van der Waals surface area contributed by atoms with E-state index >= 15 is 0 Å². The normalized spacial score (nSPS) is 12.0. The number of carbonyl (C=O) groups is 1. The number of hydrogen-bond acceptors (Lipinski definition) is 3. The second-order valence-electron chi connectivity index (χ2n) is 5.54. The van der Waals surface area contributed by atoms with E-state index in [2.05, 4.69) is 10.0 Å². The van der Waals surface area contributed by atoms with Gasteiger partial charge in [0.25, 0.3) is 5.91 Å². The molecule has 0 heterocycles. The topological polar surface area (TPSA) is 75.3 Å². The van der Waals surface area contributed by atoms with Crippen LogP contribution in [0.3, 0.4) is 0 Å². The Morgan fingerprint density at radius 2 is 1.65 bits per heavy atom. The molecule has 0 aliphatic carbocycles. The van der Waals surface area contributed by atoms with Crippen LogP contribution < -0.4 is 10.0 Å². The van der Waals surface area contributed by atoms with E-state index < -0.39 is 27.7 Å². The van der Waals surface area contributed by atoms with Gasteiger partial charge in [0.15, 0.2) is 0 Å². The van der Waals surface area contributed by atoms with Crippen LogP contribution in [0.2, 0.25) is 0 Å². The zero-order valence-electron chi connectivity index (χ0n) is 13.8. The van der Waals surface area contributed by atoms with Crippen LogP contribution in [0.15, 0.2) is 48.5 Å². The van der Waals surface area contributed by atoms with E-state index in [0.29, 0.717) is 11.1 Å². The monoisotopic (exact) mass is 386 g/mol. The Morgan fingerprint density at radius 1 is 1.04 bits per heavy atom. The number of carbonyl (C=O) groups excluding carboxylic acids is 1. The predicted molar refractivity (Wildman–Crippen MR) is 90.7 cm³/mol. The van der Waals surface area contributed by atoms with E-state index in [1.165, 1.54) is 19.2 Å². The zero-order chi connectivity index (χ0) is 19.4. The molecule has 2 aromatic carbocycles. The third-order valence-corrected chi connectivity index (χ3v) is 4.93. The van der Waals surface area contributed by atoms with E-state index in [0.717, 1.165) is 12.1 Å². The van der Waals surface area contributed by atoms with Crippen LogP contribution in [0, 0.1) is 0 Å². The van der Waals surface area contributed by atoms with Crippen molar-refractivity contribution in [3.63, 3.8) is 0 Å². The number of alkyl halides is 3. The van der Waals surface area contributed by atoms with Gasteiger partial charge in [-0.3, -0.25) is 4.79 Å². The highest BCUT2D eigenvalue weighted by molar-refractivity contribution is 7.88. The number of nitrogens with one attached hydrogen (secondary N) is 2. The quantitative estimate of drug-likeness (QED) is 0.802. The lowest BCUT2D eigenvalue weighted by molar-refractivity contribution is -0.137. The largest absolute Gasteiger partial charge is 0.416 e. The first-order valence-electron chi connectivity index (χ1n) is 7.55. The highest BCUT2D eigenvalue weighted by Gasteiger charge is 2.30. The summed E-state index contributed by atoms with van der Waals surface area (Å²) in [6.07, 6.45) is -4.51. The number of benzene rings is 2. The maximum Gasteiger partial charge on any atom is 0.416 e. The molecule has 1 amide bonds. The highest BCUT2D eigenvalue weighted by atomic mass is 32.2. The van der Waals surface area contributed by atoms with E-state index in [4.69, 9.17) is 0 Å². The summed E-state index contributed by atoms with van der Waals surface area (Å²) >= 11 is 0. The van der Waals surface area contributed by atoms with Crippen molar-refractivity contribution in [1.82, 2.24) is 10.0 Å². The third-order valence-electron chi connectivity index (χ3n) is 3.60. The molecule has 26 heavy (non-hydrogen) atoms. The molecule has 5 nitrogen and oxygen atoms in total. The molecule has 0 radical (unpaired) electrons. The lowest BCUT2D eigenvalue weighted by atomic mass is 10.1. The second-order valence-corrected chi connectivity index (χ2v) is 7.47. The van der Waals surface area contributed by atoms with Crippen molar-refractivity contribution in [2.75, 3.05) is 7.05 Å². The fraction of sp³-hybridized carbons (Fsp3) is 0.235. The number of rotatable bonds is 6. The summed E-state index contributed by atoms with van der Waals surface area (Å²) in [5, 5.41) is 2.54. The molecule has 0 saturated carbocycles. The first-order chi connectivity index (χ1) is 12.1. The van der Waals surface area contributed by atoms with Crippen molar-refractivity contribution < 1.29 is 26.4 Å². The lowest BCUT2D eigenvalue weighted by Gasteiger charge is -2.10. The maximum atomic E-state index is 12.7. The molecule has 2 aromatic rings. The van der Waals surface area contributed by atoms with Gasteiger partial charge in [-0.1, -0.05) is 30.3 Å². The summed E-state index contributed by atoms with van der Waals surface area (Å²) in [5.74, 6) is -0.793. The molecule has 2 N–H and O–H groups in total. The molecule has 0 aliphatic rings. The van der Waals surface area contributed by atoms with Crippen molar-refractivity contribution in [3.8, 4) is 0 Å². The summed E-state index contributed by atoms with van der Waals surface area (Å²) in [6.45, 7) is 0.105. The minimum absolute atomic E-state index is 0.0865. The molecule has 0 saturated heterocycles. The van der Waals surface area contributed by atoms with Gasteiger partial charge in [-0.15, -0.1) is 0 Å². The minimum atomic E-state index is -4.51. The third kappa shape index (κ3) is 5.57. The van der Waals surface area contributed by atoms with Crippen LogP contribution in [0.5, 0.6) is 0 Å². The SMILES string of the molecule is CNS(=O)(=O)Cc1ccc(CNC(=O)c2cccc(C(F)(F)F)c2)cc1. The Bertz CT molecular complexity index is 879. The van der Waals surface area contributed by atoms with Gasteiger partial charge in [0.1, 0.15) is 0 Å². The average molecular weight is 386 g/mol. The van der Waals surface area contributed by atoms with Crippen LogP contribution in [0.25, 0.3) is 0 Å². The summed E-state index contributed by atoms with van der Waals surface area (Å²) in [5.41, 5.74) is 0.292. The first kappa shape index (κ1) is 19.9. The predicted octanol–water partition coefficient (Wildman–Crippen LogP) is 2.68. The van der Waals surface area contributed by atoms with E-state index in [-0.39, 0.29) is 17.9 Å². The van der Waals surface area contributed by atoms with Crippen molar-refractivity contribution in [1.29, 1.82) is 0 Å². The Labute approximate surface area is 149 Å². The summed E-state index contributed by atoms with van der Waals surface area (Å²) in [4.78, 5) is 12.0. The van der Waals surface area contributed by atoms with Crippen LogP contribution >= 0.6 is 0 Å². The molecule has 140 valence electrons. The van der Waals surface area contributed by atoms with Crippen LogP contribution in [-0.2, 0) is 28.5 Å².